The van der Waals surface area contributed by atoms with Gasteiger partial charge in [-0.1, -0.05) is 43.2 Å². The van der Waals surface area contributed by atoms with E-state index in [0.29, 0.717) is 0 Å². The van der Waals surface area contributed by atoms with Crippen LogP contribution < -0.4 is 11.1 Å². The van der Waals surface area contributed by atoms with E-state index < -0.39 is 17.2 Å². The number of carbonyl (C=O) groups is 1. The molecule has 0 aromatic heterocycles. The van der Waals surface area contributed by atoms with Crippen molar-refractivity contribution in [3.05, 3.63) is 35.9 Å². The maximum atomic E-state index is 12.2. The van der Waals surface area contributed by atoms with Crippen molar-refractivity contribution < 1.29 is 9.53 Å². The molecule has 4 nitrogen and oxygen atoms in total. The summed E-state index contributed by atoms with van der Waals surface area (Å²) in [5.41, 5.74) is 6.71. The lowest BCUT2D eigenvalue weighted by Gasteiger charge is -2.35. The predicted molar refractivity (Wildman–Crippen MR) is 83.9 cm³/mol. The quantitative estimate of drug-likeness (QED) is 0.895. The molecular weight excluding hydrogens is 264 g/mol. The van der Waals surface area contributed by atoms with Gasteiger partial charge in [0.05, 0.1) is 6.04 Å². The molecule has 4 heteroatoms. The number of nitrogens with one attached hydrogen (secondary N) is 1. The summed E-state index contributed by atoms with van der Waals surface area (Å²) in [5.74, 6) is 0. The number of hydrogen-bond donors (Lipinski definition) is 2. The molecule has 1 fully saturated rings. The first kappa shape index (κ1) is 15.8. The van der Waals surface area contributed by atoms with E-state index in [0.717, 1.165) is 31.2 Å². The molecule has 0 bridgehead atoms. The number of ether oxygens (including phenoxy) is 1. The van der Waals surface area contributed by atoms with Crippen LogP contribution in [-0.2, 0) is 4.74 Å². The van der Waals surface area contributed by atoms with Crippen molar-refractivity contribution in [1.29, 1.82) is 0 Å². The van der Waals surface area contributed by atoms with Crippen molar-refractivity contribution in [3.8, 4) is 0 Å². The minimum absolute atomic E-state index is 0.212. The normalized spacial score (nSPS) is 19.0. The predicted octanol–water partition coefficient (Wildman–Crippen LogP) is 3.52. The van der Waals surface area contributed by atoms with Crippen LogP contribution in [-0.4, -0.2) is 17.2 Å². The van der Waals surface area contributed by atoms with E-state index in [1.807, 2.05) is 51.1 Å². The Hall–Kier alpha value is -1.55. The Bertz CT molecular complexity index is 473. The Labute approximate surface area is 127 Å². The third-order valence-corrected chi connectivity index (χ3v) is 3.90. The monoisotopic (exact) mass is 290 g/mol. The average Bonchev–Trinajstić information content (AvgIpc) is 2.83. The van der Waals surface area contributed by atoms with E-state index in [1.165, 1.54) is 0 Å². The minimum Gasteiger partial charge on any atom is -0.444 e. The van der Waals surface area contributed by atoms with Crippen molar-refractivity contribution in [1.82, 2.24) is 5.32 Å². The molecule has 1 unspecified atom stereocenters. The highest BCUT2D eigenvalue weighted by Crippen LogP contribution is 2.38. The Morgan fingerprint density at radius 1 is 1.24 bits per heavy atom. The van der Waals surface area contributed by atoms with Crippen molar-refractivity contribution >= 4 is 6.09 Å². The maximum Gasteiger partial charge on any atom is 0.408 e. The molecule has 1 aromatic rings. The summed E-state index contributed by atoms with van der Waals surface area (Å²) in [6, 6.07) is 9.71. The summed E-state index contributed by atoms with van der Waals surface area (Å²) in [5, 5.41) is 2.99. The van der Waals surface area contributed by atoms with Gasteiger partial charge in [-0.25, -0.2) is 4.79 Å². The Kier molecular flexibility index (Phi) is 4.57. The maximum absolute atomic E-state index is 12.2. The van der Waals surface area contributed by atoms with Gasteiger partial charge < -0.3 is 15.8 Å². The Morgan fingerprint density at radius 2 is 1.81 bits per heavy atom. The molecule has 2 rings (SSSR count). The molecule has 21 heavy (non-hydrogen) atoms. The van der Waals surface area contributed by atoms with Crippen LogP contribution in [0.2, 0.25) is 0 Å². The largest absolute Gasteiger partial charge is 0.444 e. The van der Waals surface area contributed by atoms with Crippen LogP contribution in [0.3, 0.4) is 0 Å². The van der Waals surface area contributed by atoms with Gasteiger partial charge in [-0.15, -0.1) is 0 Å². The first-order valence-corrected chi connectivity index (χ1v) is 7.63. The molecule has 1 aliphatic carbocycles. The van der Waals surface area contributed by atoms with Crippen LogP contribution in [0.25, 0.3) is 0 Å². The number of alkyl carbamates (subject to hydrolysis) is 1. The van der Waals surface area contributed by atoms with E-state index in [-0.39, 0.29) is 6.04 Å². The third kappa shape index (κ3) is 4.21. The topological polar surface area (TPSA) is 64.3 Å². The molecule has 1 aliphatic rings. The fourth-order valence-corrected chi connectivity index (χ4v) is 2.95. The molecule has 0 aliphatic heterocycles. The van der Waals surface area contributed by atoms with E-state index in [4.69, 9.17) is 10.5 Å². The standard InChI is InChI=1S/C17H26N2O2/c1-16(2,3)21-15(20)19-14(13-9-5-4-6-10-13)17(18)11-7-8-12-17/h4-6,9-10,14H,7-8,11-12,18H2,1-3H3,(H,19,20). The van der Waals surface area contributed by atoms with Gasteiger partial charge in [0, 0.05) is 5.54 Å². The van der Waals surface area contributed by atoms with Crippen molar-refractivity contribution in [3.63, 3.8) is 0 Å². The SMILES string of the molecule is CC(C)(C)OC(=O)NC(c1ccccc1)C1(N)CCCC1. The number of amides is 1. The molecule has 3 N–H and O–H groups in total. The molecule has 1 saturated carbocycles. The van der Waals surface area contributed by atoms with Gasteiger partial charge in [0.25, 0.3) is 0 Å². The lowest BCUT2D eigenvalue weighted by molar-refractivity contribution is 0.0475. The van der Waals surface area contributed by atoms with Crippen molar-refractivity contribution in [2.45, 2.75) is 63.6 Å². The fraction of sp³-hybridized carbons (Fsp3) is 0.588. The first-order valence-electron chi connectivity index (χ1n) is 7.63. The fourth-order valence-electron chi connectivity index (χ4n) is 2.95. The molecule has 116 valence electrons. The van der Waals surface area contributed by atoms with Gasteiger partial charge in [-0.2, -0.15) is 0 Å². The van der Waals surface area contributed by atoms with Gasteiger partial charge >= 0.3 is 6.09 Å². The second-order valence-corrected chi connectivity index (χ2v) is 6.93. The molecule has 1 atom stereocenters. The number of rotatable bonds is 3. The summed E-state index contributed by atoms with van der Waals surface area (Å²) in [4.78, 5) is 12.2. The highest BCUT2D eigenvalue weighted by molar-refractivity contribution is 5.68. The number of carbonyl (C=O) groups excluding carboxylic acids is 1. The Balaban J connectivity index is 2.19. The van der Waals surface area contributed by atoms with E-state index in [9.17, 15) is 4.79 Å². The van der Waals surface area contributed by atoms with Gasteiger partial charge in [0.2, 0.25) is 0 Å². The molecule has 0 saturated heterocycles. The minimum atomic E-state index is -0.511. The van der Waals surface area contributed by atoms with Gasteiger partial charge in [0.1, 0.15) is 5.60 Å². The van der Waals surface area contributed by atoms with Crippen LogP contribution in [0.15, 0.2) is 30.3 Å². The van der Waals surface area contributed by atoms with E-state index in [2.05, 4.69) is 5.32 Å². The highest BCUT2D eigenvalue weighted by Gasteiger charge is 2.40. The average molecular weight is 290 g/mol. The molecular formula is C17H26N2O2. The van der Waals surface area contributed by atoms with Crippen LogP contribution in [0.1, 0.15) is 58.1 Å². The third-order valence-electron chi connectivity index (χ3n) is 3.90. The molecule has 1 amide bonds. The van der Waals surface area contributed by atoms with Gasteiger partial charge in [-0.05, 0) is 39.2 Å². The van der Waals surface area contributed by atoms with Crippen LogP contribution in [0.4, 0.5) is 4.79 Å². The highest BCUT2D eigenvalue weighted by atomic mass is 16.6. The van der Waals surface area contributed by atoms with Crippen LogP contribution in [0.5, 0.6) is 0 Å². The smallest absolute Gasteiger partial charge is 0.408 e. The second-order valence-electron chi connectivity index (χ2n) is 6.93. The van der Waals surface area contributed by atoms with E-state index >= 15 is 0 Å². The Morgan fingerprint density at radius 3 is 2.33 bits per heavy atom. The zero-order valence-corrected chi connectivity index (χ0v) is 13.2. The second kappa shape index (κ2) is 6.06. The van der Waals surface area contributed by atoms with Gasteiger partial charge in [-0.3, -0.25) is 0 Å². The number of hydrogen-bond acceptors (Lipinski definition) is 3. The van der Waals surface area contributed by atoms with Gasteiger partial charge in [0.15, 0.2) is 0 Å². The lowest BCUT2D eigenvalue weighted by atomic mass is 9.84. The molecule has 0 heterocycles. The first-order chi connectivity index (χ1) is 9.80. The summed E-state index contributed by atoms with van der Waals surface area (Å²) in [7, 11) is 0. The lowest BCUT2D eigenvalue weighted by Crippen LogP contribution is -2.51. The summed E-state index contributed by atoms with van der Waals surface area (Å²) in [6.45, 7) is 5.58. The zero-order chi connectivity index (χ0) is 15.5. The molecule has 0 spiro atoms. The van der Waals surface area contributed by atoms with Crippen LogP contribution >= 0.6 is 0 Å². The zero-order valence-electron chi connectivity index (χ0n) is 13.2. The van der Waals surface area contributed by atoms with Crippen molar-refractivity contribution in [2.75, 3.05) is 0 Å². The van der Waals surface area contributed by atoms with Crippen LogP contribution in [0, 0.1) is 0 Å². The number of nitrogens with two attached hydrogens (primary N) is 1. The van der Waals surface area contributed by atoms with Crippen molar-refractivity contribution in [2.24, 2.45) is 5.73 Å². The summed E-state index contributed by atoms with van der Waals surface area (Å²) < 4.78 is 5.39. The summed E-state index contributed by atoms with van der Waals surface area (Å²) in [6.07, 6.45) is 3.64. The number of benzene rings is 1. The molecule has 0 radical (unpaired) electrons. The molecule has 1 aromatic carbocycles. The summed E-state index contributed by atoms with van der Waals surface area (Å²) >= 11 is 0. The van der Waals surface area contributed by atoms with E-state index in [1.54, 1.807) is 0 Å².